The average molecular weight is 452 g/mol. The van der Waals surface area contributed by atoms with E-state index in [1.165, 1.54) is 6.07 Å². The second-order valence-corrected chi connectivity index (χ2v) is 9.11. The number of sulfonamides is 1. The minimum Gasteiger partial charge on any atom is -0.486 e. The highest BCUT2D eigenvalue weighted by atomic mass is 35.5. The van der Waals surface area contributed by atoms with Crippen LogP contribution in [0.4, 0.5) is 5.69 Å². The maximum atomic E-state index is 12.4. The third-order valence-corrected chi connectivity index (χ3v) is 5.99. The van der Waals surface area contributed by atoms with Crippen molar-refractivity contribution in [3.8, 4) is 11.5 Å². The molecule has 0 atom stereocenters. The van der Waals surface area contributed by atoms with Gasteiger partial charge in [0.25, 0.3) is 5.91 Å². The van der Waals surface area contributed by atoms with Crippen molar-refractivity contribution < 1.29 is 22.7 Å². The molecule has 0 unspecified atom stereocenters. The molecule has 0 fully saturated rings. The van der Waals surface area contributed by atoms with Gasteiger partial charge >= 0.3 is 0 Å². The first-order valence-electron chi connectivity index (χ1n) is 9.12. The number of hydrogen-bond acceptors (Lipinski definition) is 6. The number of carbonyl (C=O) groups is 1. The van der Waals surface area contributed by atoms with E-state index in [4.69, 9.17) is 21.1 Å². The molecule has 2 aromatic rings. The molecule has 10 heteroatoms. The Bertz CT molecular complexity index is 1100. The molecule has 3 rings (SSSR count). The number of carbonyl (C=O) groups excluding carboxylic acids is 1. The largest absolute Gasteiger partial charge is 0.486 e. The molecule has 160 valence electrons. The van der Waals surface area contributed by atoms with E-state index in [2.05, 4.69) is 10.5 Å². The predicted octanol–water partition coefficient (Wildman–Crippen LogP) is 2.73. The van der Waals surface area contributed by atoms with Crippen LogP contribution in [0.2, 0.25) is 5.02 Å². The van der Waals surface area contributed by atoms with Crippen LogP contribution in [0.3, 0.4) is 0 Å². The summed E-state index contributed by atoms with van der Waals surface area (Å²) in [5, 5.41) is 4.49. The van der Waals surface area contributed by atoms with Gasteiger partial charge < -0.3 is 9.47 Å². The van der Waals surface area contributed by atoms with E-state index in [-0.39, 0.29) is 0 Å². The second-order valence-electron chi connectivity index (χ2n) is 6.79. The van der Waals surface area contributed by atoms with Crippen LogP contribution >= 0.6 is 11.6 Å². The first-order chi connectivity index (χ1) is 14.1. The van der Waals surface area contributed by atoms with Gasteiger partial charge in [0.05, 0.1) is 17.7 Å². The van der Waals surface area contributed by atoms with Crippen LogP contribution in [0.5, 0.6) is 11.5 Å². The van der Waals surface area contributed by atoms with Crippen molar-refractivity contribution in [3.63, 3.8) is 0 Å². The van der Waals surface area contributed by atoms with E-state index >= 15 is 0 Å². The second kappa shape index (κ2) is 8.93. The number of aryl methyl sites for hydroxylation is 1. The van der Waals surface area contributed by atoms with Crippen molar-refractivity contribution in [2.75, 3.05) is 30.3 Å². The van der Waals surface area contributed by atoms with Crippen molar-refractivity contribution in [3.05, 3.63) is 52.5 Å². The number of nitrogens with one attached hydrogen (secondary N) is 1. The molecule has 1 amide bonds. The lowest BCUT2D eigenvalue weighted by Crippen LogP contribution is -2.39. The minimum absolute atomic E-state index is 0.302. The zero-order valence-corrected chi connectivity index (χ0v) is 18.4. The molecular weight excluding hydrogens is 430 g/mol. The number of anilines is 1. The Morgan fingerprint density at radius 2 is 1.87 bits per heavy atom. The van der Waals surface area contributed by atoms with Gasteiger partial charge in [-0.3, -0.25) is 9.10 Å². The zero-order valence-electron chi connectivity index (χ0n) is 16.8. The summed E-state index contributed by atoms with van der Waals surface area (Å²) in [5.74, 6) is 0.676. The molecule has 0 spiro atoms. The summed E-state index contributed by atoms with van der Waals surface area (Å²) in [7, 11) is -3.71. The zero-order chi connectivity index (χ0) is 21.9. The third-order valence-electron chi connectivity index (χ3n) is 4.44. The number of fused-ring (bicyclic) bond motifs is 1. The van der Waals surface area contributed by atoms with Gasteiger partial charge in [0.2, 0.25) is 10.0 Å². The number of hydrazone groups is 1. The molecule has 0 saturated heterocycles. The fraction of sp³-hybridized carbons (Fsp3) is 0.300. The van der Waals surface area contributed by atoms with E-state index in [1.54, 1.807) is 44.2 Å². The van der Waals surface area contributed by atoms with Crippen LogP contribution in [0.25, 0.3) is 0 Å². The molecule has 1 aliphatic heterocycles. The SMILES string of the molecule is C/C(=N/NC(=O)CN(c1ccc(C)c(Cl)c1)S(C)(=O)=O)c1ccc2c(c1)OCCO2. The first-order valence-corrected chi connectivity index (χ1v) is 11.3. The maximum Gasteiger partial charge on any atom is 0.260 e. The fourth-order valence-corrected chi connectivity index (χ4v) is 3.80. The van der Waals surface area contributed by atoms with Crippen LogP contribution in [-0.4, -0.2) is 46.1 Å². The van der Waals surface area contributed by atoms with Crippen molar-refractivity contribution in [2.24, 2.45) is 5.10 Å². The van der Waals surface area contributed by atoms with E-state index in [0.29, 0.717) is 41.1 Å². The Balaban J connectivity index is 1.73. The number of nitrogens with zero attached hydrogens (tertiary/aromatic N) is 2. The van der Waals surface area contributed by atoms with Crippen molar-refractivity contribution in [2.45, 2.75) is 13.8 Å². The Morgan fingerprint density at radius 1 is 1.17 bits per heavy atom. The number of ether oxygens (including phenoxy) is 2. The number of rotatable bonds is 6. The summed E-state index contributed by atoms with van der Waals surface area (Å²) in [4.78, 5) is 12.4. The van der Waals surface area contributed by atoms with E-state index in [9.17, 15) is 13.2 Å². The highest BCUT2D eigenvalue weighted by molar-refractivity contribution is 7.92. The van der Waals surface area contributed by atoms with Gasteiger partial charge in [-0.25, -0.2) is 13.8 Å². The van der Waals surface area contributed by atoms with Gasteiger partial charge in [0.1, 0.15) is 19.8 Å². The Hall–Kier alpha value is -2.78. The summed E-state index contributed by atoms with van der Waals surface area (Å²) >= 11 is 6.10. The summed E-state index contributed by atoms with van der Waals surface area (Å²) in [6, 6.07) is 10.1. The Kier molecular flexibility index (Phi) is 6.52. The lowest BCUT2D eigenvalue weighted by molar-refractivity contribution is -0.119. The molecule has 1 N–H and O–H groups in total. The highest BCUT2D eigenvalue weighted by Gasteiger charge is 2.21. The Morgan fingerprint density at radius 3 is 2.53 bits per heavy atom. The van der Waals surface area contributed by atoms with E-state index < -0.39 is 22.5 Å². The van der Waals surface area contributed by atoms with Crippen LogP contribution in [0.15, 0.2) is 41.5 Å². The highest BCUT2D eigenvalue weighted by Crippen LogP contribution is 2.31. The molecule has 0 aromatic heterocycles. The first kappa shape index (κ1) is 21.9. The lowest BCUT2D eigenvalue weighted by atomic mass is 10.1. The van der Waals surface area contributed by atoms with Crippen molar-refractivity contribution >= 4 is 38.9 Å². The molecule has 2 aromatic carbocycles. The molecule has 1 heterocycles. The molecule has 8 nitrogen and oxygen atoms in total. The Labute approximate surface area is 180 Å². The molecule has 0 radical (unpaired) electrons. The van der Waals surface area contributed by atoms with Crippen molar-refractivity contribution in [1.82, 2.24) is 5.43 Å². The van der Waals surface area contributed by atoms with Crippen LogP contribution < -0.4 is 19.2 Å². The van der Waals surface area contributed by atoms with Crippen LogP contribution in [-0.2, 0) is 14.8 Å². The monoisotopic (exact) mass is 451 g/mol. The molecule has 1 aliphatic rings. The van der Waals surface area contributed by atoms with E-state index in [0.717, 1.165) is 21.7 Å². The number of hydrogen-bond donors (Lipinski definition) is 1. The molecular formula is C20H22ClN3O5S. The fourth-order valence-electron chi connectivity index (χ4n) is 2.78. The minimum atomic E-state index is -3.71. The van der Waals surface area contributed by atoms with Gasteiger partial charge in [-0.2, -0.15) is 5.10 Å². The van der Waals surface area contributed by atoms with Crippen molar-refractivity contribution in [1.29, 1.82) is 0 Å². The van der Waals surface area contributed by atoms with Crippen LogP contribution in [0.1, 0.15) is 18.1 Å². The lowest BCUT2D eigenvalue weighted by Gasteiger charge is -2.22. The topological polar surface area (TPSA) is 97.3 Å². The quantitative estimate of drug-likeness (QED) is 0.538. The average Bonchev–Trinajstić information content (AvgIpc) is 2.71. The standard InChI is InChI=1S/C20H22ClN3O5S/c1-13-4-6-16(11-17(13)21)24(30(3,26)27)12-20(25)23-22-14(2)15-5-7-18-19(10-15)29-9-8-28-18/h4-7,10-11H,8-9,12H2,1-3H3,(H,23,25)/b22-14-. The van der Waals surface area contributed by atoms with Gasteiger partial charge in [-0.1, -0.05) is 17.7 Å². The molecule has 0 aliphatic carbocycles. The van der Waals surface area contributed by atoms with Gasteiger partial charge in [0, 0.05) is 10.6 Å². The summed E-state index contributed by atoms with van der Waals surface area (Å²) in [6.07, 6.45) is 1.03. The molecule has 30 heavy (non-hydrogen) atoms. The molecule has 0 bridgehead atoms. The smallest absolute Gasteiger partial charge is 0.260 e. The van der Waals surface area contributed by atoms with Crippen LogP contribution in [0, 0.1) is 6.92 Å². The van der Waals surface area contributed by atoms with E-state index in [1.807, 2.05) is 0 Å². The number of amides is 1. The predicted molar refractivity (Wildman–Crippen MR) is 116 cm³/mol. The van der Waals surface area contributed by atoms with Gasteiger partial charge in [-0.05, 0) is 49.7 Å². The van der Waals surface area contributed by atoms with Gasteiger partial charge in [0.15, 0.2) is 11.5 Å². The number of halogens is 1. The number of benzene rings is 2. The maximum absolute atomic E-state index is 12.4. The van der Waals surface area contributed by atoms with Gasteiger partial charge in [-0.15, -0.1) is 0 Å². The summed E-state index contributed by atoms with van der Waals surface area (Å²) in [5.41, 5.74) is 4.78. The normalized spacial score (nSPS) is 13.7. The summed E-state index contributed by atoms with van der Waals surface area (Å²) in [6.45, 7) is 4.06. The summed E-state index contributed by atoms with van der Waals surface area (Å²) < 4.78 is 36.4. The third kappa shape index (κ3) is 5.22. The molecule has 0 saturated carbocycles.